The van der Waals surface area contributed by atoms with Gasteiger partial charge in [0.2, 0.25) is 0 Å². The monoisotopic (exact) mass is 351 g/mol. The molecule has 0 saturated carbocycles. The van der Waals surface area contributed by atoms with E-state index < -0.39 is 17.6 Å². The third-order valence-corrected chi connectivity index (χ3v) is 3.58. The largest absolute Gasteiger partial charge is 0.484 e. The van der Waals surface area contributed by atoms with Crippen molar-refractivity contribution in [2.45, 2.75) is 32.4 Å². The molecule has 1 amide bonds. The molecular weight excluding hydrogens is 331 g/mol. The number of nitrogens with one attached hydrogen (secondary N) is 1. The first-order chi connectivity index (χ1) is 11.6. The zero-order chi connectivity index (χ0) is 18.7. The van der Waals surface area contributed by atoms with Gasteiger partial charge in [0.05, 0.1) is 11.3 Å². The lowest BCUT2D eigenvalue weighted by atomic mass is 9.87. The van der Waals surface area contributed by atoms with Crippen LogP contribution >= 0.6 is 0 Å². The van der Waals surface area contributed by atoms with Gasteiger partial charge in [-0.25, -0.2) is 0 Å². The minimum atomic E-state index is -4.54. The summed E-state index contributed by atoms with van der Waals surface area (Å²) in [4.78, 5) is 11.9. The Hall–Kier alpha value is -2.50. The fourth-order valence-corrected chi connectivity index (χ4v) is 2.23. The molecule has 0 fully saturated rings. The van der Waals surface area contributed by atoms with E-state index in [1.54, 1.807) is 6.07 Å². The van der Waals surface area contributed by atoms with Gasteiger partial charge in [-0.05, 0) is 35.2 Å². The van der Waals surface area contributed by atoms with E-state index in [0.29, 0.717) is 5.75 Å². The summed E-state index contributed by atoms with van der Waals surface area (Å²) in [7, 11) is 0. The summed E-state index contributed by atoms with van der Waals surface area (Å²) >= 11 is 0. The topological polar surface area (TPSA) is 38.3 Å². The highest BCUT2D eigenvalue weighted by Gasteiger charge is 2.33. The maximum absolute atomic E-state index is 12.9. The quantitative estimate of drug-likeness (QED) is 0.840. The Morgan fingerprint density at radius 1 is 1.04 bits per heavy atom. The van der Waals surface area contributed by atoms with Gasteiger partial charge >= 0.3 is 6.18 Å². The van der Waals surface area contributed by atoms with Crippen molar-refractivity contribution in [2.75, 3.05) is 11.9 Å². The van der Waals surface area contributed by atoms with Crippen LogP contribution in [0.4, 0.5) is 18.9 Å². The maximum atomic E-state index is 12.9. The molecule has 6 heteroatoms. The Kier molecular flexibility index (Phi) is 5.40. The van der Waals surface area contributed by atoms with E-state index in [1.165, 1.54) is 18.2 Å². The molecule has 0 radical (unpaired) electrons. The Morgan fingerprint density at radius 3 is 2.36 bits per heavy atom. The SMILES string of the molecule is CC(C)(C)c1cccc(OCC(=O)Nc2ccccc2C(F)(F)F)c1. The summed E-state index contributed by atoms with van der Waals surface area (Å²) in [5.41, 5.74) is -0.217. The van der Waals surface area contributed by atoms with Gasteiger partial charge in [-0.15, -0.1) is 0 Å². The molecule has 2 rings (SSSR count). The zero-order valence-corrected chi connectivity index (χ0v) is 14.3. The highest BCUT2D eigenvalue weighted by Crippen LogP contribution is 2.34. The van der Waals surface area contributed by atoms with E-state index in [0.717, 1.165) is 11.6 Å². The summed E-state index contributed by atoms with van der Waals surface area (Å²) in [6.07, 6.45) is -4.54. The molecule has 0 aliphatic heterocycles. The number of ether oxygens (including phenoxy) is 1. The molecule has 0 saturated heterocycles. The Balaban J connectivity index is 2.03. The number of halogens is 3. The molecule has 0 bridgehead atoms. The van der Waals surface area contributed by atoms with Crippen LogP contribution in [-0.4, -0.2) is 12.5 Å². The van der Waals surface area contributed by atoms with Gasteiger partial charge in [0.1, 0.15) is 5.75 Å². The van der Waals surface area contributed by atoms with E-state index in [9.17, 15) is 18.0 Å². The van der Waals surface area contributed by atoms with Crippen LogP contribution in [0.15, 0.2) is 48.5 Å². The van der Waals surface area contributed by atoms with Crippen molar-refractivity contribution >= 4 is 11.6 Å². The average molecular weight is 351 g/mol. The highest BCUT2D eigenvalue weighted by molar-refractivity contribution is 5.92. The molecule has 0 aromatic heterocycles. The van der Waals surface area contributed by atoms with Crippen molar-refractivity contribution in [3.63, 3.8) is 0 Å². The molecule has 3 nitrogen and oxygen atoms in total. The average Bonchev–Trinajstić information content (AvgIpc) is 2.52. The normalized spacial score (nSPS) is 11.9. The summed E-state index contributed by atoms with van der Waals surface area (Å²) in [6, 6.07) is 12.1. The highest BCUT2D eigenvalue weighted by atomic mass is 19.4. The number of carbonyl (C=O) groups excluding carboxylic acids is 1. The van der Waals surface area contributed by atoms with Crippen molar-refractivity contribution < 1.29 is 22.7 Å². The Labute approximate surface area is 144 Å². The lowest BCUT2D eigenvalue weighted by Gasteiger charge is -2.19. The van der Waals surface area contributed by atoms with Gasteiger partial charge in [0, 0.05) is 0 Å². The number of hydrogen-bond donors (Lipinski definition) is 1. The number of alkyl halides is 3. The lowest BCUT2D eigenvalue weighted by Crippen LogP contribution is -2.22. The predicted octanol–water partition coefficient (Wildman–Crippen LogP) is 5.02. The Bertz CT molecular complexity index is 749. The van der Waals surface area contributed by atoms with Crippen molar-refractivity contribution in [1.82, 2.24) is 0 Å². The van der Waals surface area contributed by atoms with Crippen molar-refractivity contribution in [3.05, 3.63) is 59.7 Å². The van der Waals surface area contributed by atoms with Gasteiger partial charge in [0.15, 0.2) is 6.61 Å². The second kappa shape index (κ2) is 7.17. The molecule has 0 unspecified atom stereocenters. The summed E-state index contributed by atoms with van der Waals surface area (Å²) in [5.74, 6) is -0.162. The van der Waals surface area contributed by atoms with Crippen molar-refractivity contribution in [1.29, 1.82) is 0 Å². The van der Waals surface area contributed by atoms with E-state index >= 15 is 0 Å². The van der Waals surface area contributed by atoms with Gasteiger partial charge in [0.25, 0.3) is 5.91 Å². The molecule has 0 aliphatic carbocycles. The number of benzene rings is 2. The second-order valence-corrected chi connectivity index (χ2v) is 6.66. The van der Waals surface area contributed by atoms with Crippen LogP contribution in [0, 0.1) is 0 Å². The van der Waals surface area contributed by atoms with Crippen LogP contribution in [-0.2, 0) is 16.4 Å². The van der Waals surface area contributed by atoms with Gasteiger partial charge < -0.3 is 10.1 Å². The number of para-hydroxylation sites is 1. The van der Waals surface area contributed by atoms with Gasteiger partial charge in [-0.3, -0.25) is 4.79 Å². The first-order valence-corrected chi connectivity index (χ1v) is 7.77. The molecule has 2 aromatic carbocycles. The predicted molar refractivity (Wildman–Crippen MR) is 90.7 cm³/mol. The van der Waals surface area contributed by atoms with E-state index in [1.807, 2.05) is 39.0 Å². The number of amides is 1. The van der Waals surface area contributed by atoms with E-state index in [4.69, 9.17) is 4.74 Å². The number of carbonyl (C=O) groups is 1. The number of hydrogen-bond acceptors (Lipinski definition) is 2. The first-order valence-electron chi connectivity index (χ1n) is 7.77. The fourth-order valence-electron chi connectivity index (χ4n) is 2.23. The standard InChI is InChI=1S/C19H20F3NO2/c1-18(2,3)13-7-6-8-14(11-13)25-12-17(24)23-16-10-5-4-9-15(16)19(20,21)22/h4-11H,12H2,1-3H3,(H,23,24). The van der Waals surface area contributed by atoms with Crippen LogP contribution in [0.3, 0.4) is 0 Å². The molecular formula is C19H20F3NO2. The second-order valence-electron chi connectivity index (χ2n) is 6.66. The molecule has 25 heavy (non-hydrogen) atoms. The molecule has 0 spiro atoms. The Morgan fingerprint density at radius 2 is 1.72 bits per heavy atom. The van der Waals surface area contributed by atoms with Crippen molar-refractivity contribution in [2.24, 2.45) is 0 Å². The van der Waals surface area contributed by atoms with Crippen LogP contribution in [0.5, 0.6) is 5.75 Å². The van der Waals surface area contributed by atoms with Crippen LogP contribution < -0.4 is 10.1 Å². The van der Waals surface area contributed by atoms with Gasteiger partial charge in [-0.2, -0.15) is 13.2 Å². The molecule has 0 atom stereocenters. The minimum absolute atomic E-state index is 0.0761. The lowest BCUT2D eigenvalue weighted by molar-refractivity contribution is -0.137. The summed E-state index contributed by atoms with van der Waals surface area (Å²) in [6.45, 7) is 5.77. The summed E-state index contributed by atoms with van der Waals surface area (Å²) < 4.78 is 44.2. The van der Waals surface area contributed by atoms with Crippen molar-refractivity contribution in [3.8, 4) is 5.75 Å². The summed E-state index contributed by atoms with van der Waals surface area (Å²) in [5, 5.41) is 2.25. The number of anilines is 1. The molecule has 134 valence electrons. The first kappa shape index (κ1) is 18.8. The maximum Gasteiger partial charge on any atom is 0.418 e. The smallest absolute Gasteiger partial charge is 0.418 e. The van der Waals surface area contributed by atoms with E-state index in [-0.39, 0.29) is 17.7 Å². The fraction of sp³-hybridized carbons (Fsp3) is 0.316. The number of rotatable bonds is 4. The van der Waals surface area contributed by atoms with E-state index in [2.05, 4.69) is 5.32 Å². The van der Waals surface area contributed by atoms with Crippen LogP contribution in [0.2, 0.25) is 0 Å². The molecule has 0 heterocycles. The molecule has 0 aliphatic rings. The van der Waals surface area contributed by atoms with Gasteiger partial charge in [-0.1, -0.05) is 45.0 Å². The van der Waals surface area contributed by atoms with Crippen LogP contribution in [0.1, 0.15) is 31.9 Å². The third-order valence-electron chi connectivity index (χ3n) is 3.58. The van der Waals surface area contributed by atoms with Crippen LogP contribution in [0.25, 0.3) is 0 Å². The molecule has 1 N–H and O–H groups in total. The third kappa shape index (κ3) is 5.24. The molecule has 2 aromatic rings. The zero-order valence-electron chi connectivity index (χ0n) is 14.3. The minimum Gasteiger partial charge on any atom is -0.484 e.